The summed E-state index contributed by atoms with van der Waals surface area (Å²) in [5.41, 5.74) is 7.79. The minimum absolute atomic E-state index is 0.0115. The highest BCUT2D eigenvalue weighted by Crippen LogP contribution is 2.19. The Morgan fingerprint density at radius 2 is 2.25 bits per heavy atom. The molecule has 1 amide bonds. The molecular formula is C14H15N5O. The van der Waals surface area contributed by atoms with Crippen LogP contribution in [-0.4, -0.2) is 40.1 Å². The van der Waals surface area contributed by atoms with E-state index in [4.69, 9.17) is 11.1 Å². The Labute approximate surface area is 115 Å². The smallest absolute Gasteiger partial charge is 0.270 e. The first-order chi connectivity index (χ1) is 9.72. The van der Waals surface area contributed by atoms with E-state index in [-0.39, 0.29) is 5.91 Å². The molecule has 102 valence electrons. The number of nitrogens with one attached hydrogen (secondary N) is 2. The van der Waals surface area contributed by atoms with E-state index in [9.17, 15) is 4.79 Å². The molecule has 0 aromatic carbocycles. The molecule has 4 N–H and O–H groups in total. The molecule has 0 radical (unpaired) electrons. The van der Waals surface area contributed by atoms with Gasteiger partial charge in [-0.3, -0.25) is 4.79 Å². The van der Waals surface area contributed by atoms with Gasteiger partial charge in [-0.15, -0.1) is 0 Å². The van der Waals surface area contributed by atoms with Crippen molar-refractivity contribution in [2.75, 3.05) is 13.1 Å². The maximum atomic E-state index is 12.1. The number of carbonyl (C=O) groups excluding carboxylic acids is 1. The third-order valence-corrected chi connectivity index (χ3v) is 3.48. The lowest BCUT2D eigenvalue weighted by Gasteiger charge is -2.30. The molecule has 2 aromatic heterocycles. The standard InChI is InChI=1S/C14H15N5O/c15-7-10(8-16)11-3-2-9-6-12(18-13(9)17-11)14(20)19-4-1-5-19/h2-3,6-8,15H,1,4-5,16H2,(H,17,18). The Bertz CT molecular complexity index is 711. The average molecular weight is 269 g/mol. The lowest BCUT2D eigenvalue weighted by molar-refractivity contribution is 0.0646. The summed E-state index contributed by atoms with van der Waals surface area (Å²) in [6.45, 7) is 1.64. The van der Waals surface area contributed by atoms with Crippen LogP contribution in [0.1, 0.15) is 22.6 Å². The minimum atomic E-state index is 0.0115. The molecule has 2 aromatic rings. The predicted octanol–water partition coefficient (Wildman–Crippen LogP) is 1.36. The zero-order valence-corrected chi connectivity index (χ0v) is 10.9. The second-order valence-corrected chi connectivity index (χ2v) is 4.73. The first-order valence-electron chi connectivity index (χ1n) is 6.44. The third-order valence-electron chi connectivity index (χ3n) is 3.48. The minimum Gasteiger partial charge on any atom is -0.404 e. The summed E-state index contributed by atoms with van der Waals surface area (Å²) in [4.78, 5) is 21.4. The maximum absolute atomic E-state index is 12.1. The van der Waals surface area contributed by atoms with Gasteiger partial charge in [-0.2, -0.15) is 0 Å². The number of likely N-dealkylation sites (tertiary alicyclic amines) is 1. The fourth-order valence-corrected chi connectivity index (χ4v) is 2.18. The number of hydrogen-bond acceptors (Lipinski definition) is 4. The number of carbonyl (C=O) groups is 1. The summed E-state index contributed by atoms with van der Waals surface area (Å²) >= 11 is 0. The highest BCUT2D eigenvalue weighted by molar-refractivity contribution is 6.08. The quantitative estimate of drug-likeness (QED) is 0.733. The first kappa shape index (κ1) is 12.4. The van der Waals surface area contributed by atoms with Gasteiger partial charge in [-0.1, -0.05) is 0 Å². The molecule has 0 spiro atoms. The van der Waals surface area contributed by atoms with Gasteiger partial charge in [0.05, 0.1) is 5.69 Å². The normalized spacial score (nSPS) is 15.2. The van der Waals surface area contributed by atoms with Gasteiger partial charge in [-0.25, -0.2) is 4.98 Å². The molecular weight excluding hydrogens is 254 g/mol. The fraction of sp³-hybridized carbons (Fsp3) is 0.214. The van der Waals surface area contributed by atoms with Crippen molar-refractivity contribution in [1.29, 1.82) is 5.41 Å². The molecule has 0 saturated carbocycles. The van der Waals surface area contributed by atoms with Crippen LogP contribution < -0.4 is 5.73 Å². The van der Waals surface area contributed by atoms with Crippen LogP contribution in [0.3, 0.4) is 0 Å². The zero-order chi connectivity index (χ0) is 14.1. The van der Waals surface area contributed by atoms with Gasteiger partial charge < -0.3 is 21.0 Å². The molecule has 1 aliphatic heterocycles. The van der Waals surface area contributed by atoms with Crippen molar-refractivity contribution in [1.82, 2.24) is 14.9 Å². The summed E-state index contributed by atoms with van der Waals surface area (Å²) in [6, 6.07) is 5.47. The van der Waals surface area contributed by atoms with E-state index in [1.165, 1.54) is 6.20 Å². The van der Waals surface area contributed by atoms with E-state index in [0.717, 1.165) is 31.1 Å². The second-order valence-electron chi connectivity index (χ2n) is 4.73. The van der Waals surface area contributed by atoms with Gasteiger partial charge in [0, 0.05) is 36.5 Å². The van der Waals surface area contributed by atoms with Crippen LogP contribution in [0, 0.1) is 5.41 Å². The SMILES string of the molecule is N=CC(=CN)c1ccc2cc(C(=O)N3CCC3)[nH]c2n1. The van der Waals surface area contributed by atoms with E-state index in [2.05, 4.69) is 9.97 Å². The van der Waals surface area contributed by atoms with Crippen molar-refractivity contribution >= 4 is 28.7 Å². The Morgan fingerprint density at radius 1 is 1.45 bits per heavy atom. The number of hydrogen-bond donors (Lipinski definition) is 3. The molecule has 0 atom stereocenters. The van der Waals surface area contributed by atoms with Crippen molar-refractivity contribution in [2.45, 2.75) is 6.42 Å². The lowest BCUT2D eigenvalue weighted by atomic mass is 10.2. The topological polar surface area (TPSA) is 98.9 Å². The van der Waals surface area contributed by atoms with E-state index < -0.39 is 0 Å². The van der Waals surface area contributed by atoms with Crippen LogP contribution >= 0.6 is 0 Å². The van der Waals surface area contributed by atoms with Gasteiger partial charge in [0.25, 0.3) is 5.91 Å². The molecule has 1 saturated heterocycles. The molecule has 20 heavy (non-hydrogen) atoms. The van der Waals surface area contributed by atoms with Gasteiger partial charge in [-0.05, 0) is 24.6 Å². The van der Waals surface area contributed by atoms with E-state index >= 15 is 0 Å². The molecule has 1 aliphatic rings. The number of rotatable bonds is 3. The molecule has 0 unspecified atom stereocenters. The van der Waals surface area contributed by atoms with Crippen LogP contribution in [-0.2, 0) is 0 Å². The van der Waals surface area contributed by atoms with Crippen molar-refractivity contribution in [2.24, 2.45) is 5.73 Å². The zero-order valence-electron chi connectivity index (χ0n) is 10.9. The number of nitrogens with two attached hydrogens (primary N) is 1. The number of fused-ring (bicyclic) bond motifs is 1. The summed E-state index contributed by atoms with van der Waals surface area (Å²) in [7, 11) is 0. The number of nitrogens with zero attached hydrogens (tertiary/aromatic N) is 2. The number of aromatic amines is 1. The molecule has 3 rings (SSSR count). The van der Waals surface area contributed by atoms with Crippen molar-refractivity contribution in [3.8, 4) is 0 Å². The van der Waals surface area contributed by atoms with Crippen molar-refractivity contribution in [3.05, 3.63) is 35.8 Å². The second kappa shape index (κ2) is 4.80. The predicted molar refractivity (Wildman–Crippen MR) is 77.6 cm³/mol. The van der Waals surface area contributed by atoms with Crippen LogP contribution in [0.25, 0.3) is 16.6 Å². The monoisotopic (exact) mass is 269 g/mol. The molecule has 6 heteroatoms. The Kier molecular flexibility index (Phi) is 2.98. The molecule has 3 heterocycles. The van der Waals surface area contributed by atoms with Gasteiger partial charge >= 0.3 is 0 Å². The average Bonchev–Trinajstić information content (AvgIpc) is 2.81. The molecule has 1 fully saturated rings. The molecule has 0 bridgehead atoms. The lowest BCUT2D eigenvalue weighted by Crippen LogP contribution is -2.42. The van der Waals surface area contributed by atoms with Crippen LogP contribution in [0.5, 0.6) is 0 Å². The van der Waals surface area contributed by atoms with Gasteiger partial charge in [0.1, 0.15) is 11.3 Å². The number of allylic oxidation sites excluding steroid dienone is 1. The van der Waals surface area contributed by atoms with E-state index in [1.54, 1.807) is 11.0 Å². The highest BCUT2D eigenvalue weighted by atomic mass is 16.2. The number of amides is 1. The summed E-state index contributed by atoms with van der Waals surface area (Å²) in [5.74, 6) is 0.0115. The van der Waals surface area contributed by atoms with Crippen LogP contribution in [0.15, 0.2) is 24.4 Å². The van der Waals surface area contributed by atoms with Gasteiger partial charge in [0.15, 0.2) is 0 Å². The third kappa shape index (κ3) is 1.95. The summed E-state index contributed by atoms with van der Waals surface area (Å²) in [5, 5.41) is 8.16. The Morgan fingerprint density at radius 3 is 2.85 bits per heavy atom. The van der Waals surface area contributed by atoms with Crippen molar-refractivity contribution < 1.29 is 4.79 Å². The fourth-order valence-electron chi connectivity index (χ4n) is 2.18. The van der Waals surface area contributed by atoms with E-state index in [1.807, 2.05) is 12.1 Å². The Hall–Kier alpha value is -2.63. The van der Waals surface area contributed by atoms with Crippen LogP contribution in [0.4, 0.5) is 0 Å². The van der Waals surface area contributed by atoms with E-state index in [0.29, 0.717) is 22.6 Å². The first-order valence-corrected chi connectivity index (χ1v) is 6.44. The summed E-state index contributed by atoms with van der Waals surface area (Å²) < 4.78 is 0. The number of aromatic nitrogens is 2. The highest BCUT2D eigenvalue weighted by Gasteiger charge is 2.23. The maximum Gasteiger partial charge on any atom is 0.270 e. The van der Waals surface area contributed by atoms with Gasteiger partial charge in [0.2, 0.25) is 0 Å². The summed E-state index contributed by atoms with van der Waals surface area (Å²) in [6.07, 6.45) is 3.57. The van der Waals surface area contributed by atoms with Crippen molar-refractivity contribution in [3.63, 3.8) is 0 Å². The largest absolute Gasteiger partial charge is 0.404 e. The Balaban J connectivity index is 1.98. The van der Waals surface area contributed by atoms with Crippen LogP contribution in [0.2, 0.25) is 0 Å². The molecule has 0 aliphatic carbocycles. The number of pyridine rings is 1. The molecule has 6 nitrogen and oxygen atoms in total. The number of H-pyrrole nitrogens is 1.